The number of aromatic nitrogens is 1. The van der Waals surface area contributed by atoms with Crippen LogP contribution in [0.4, 0.5) is 0 Å². The van der Waals surface area contributed by atoms with Gasteiger partial charge in [-0.05, 0) is 38.7 Å². The highest BCUT2D eigenvalue weighted by Crippen LogP contribution is 2.23. The summed E-state index contributed by atoms with van der Waals surface area (Å²) < 4.78 is 5.32. The van der Waals surface area contributed by atoms with Crippen molar-refractivity contribution in [2.45, 2.75) is 19.0 Å². The number of likely N-dealkylation sites (N-methyl/N-ethyl adjacent to an activating group) is 1. The van der Waals surface area contributed by atoms with Crippen molar-refractivity contribution in [2.24, 2.45) is 0 Å². The van der Waals surface area contributed by atoms with Crippen LogP contribution in [0.5, 0.6) is 5.75 Å². The molecule has 1 aromatic heterocycles. The molecule has 2 atom stereocenters. The van der Waals surface area contributed by atoms with Gasteiger partial charge in [0.2, 0.25) is 0 Å². The number of rotatable bonds is 7. The van der Waals surface area contributed by atoms with Crippen molar-refractivity contribution >= 4 is 11.3 Å². The number of nitrogens with one attached hydrogen (secondary N) is 1. The SMILES string of the molecule is COc1cccc(C(CNC(C)c2cncs2)N(C)C)c1. The minimum absolute atomic E-state index is 0.301. The van der Waals surface area contributed by atoms with Crippen LogP contribution in [0.1, 0.15) is 29.4 Å². The maximum absolute atomic E-state index is 5.32. The van der Waals surface area contributed by atoms with E-state index in [1.165, 1.54) is 10.4 Å². The Morgan fingerprint density at radius 2 is 2.19 bits per heavy atom. The summed E-state index contributed by atoms with van der Waals surface area (Å²) in [4.78, 5) is 7.62. The van der Waals surface area contributed by atoms with Crippen molar-refractivity contribution in [1.29, 1.82) is 0 Å². The highest BCUT2D eigenvalue weighted by atomic mass is 32.1. The summed E-state index contributed by atoms with van der Waals surface area (Å²) in [5, 5.41) is 3.59. The van der Waals surface area contributed by atoms with Crippen LogP contribution in [0, 0.1) is 0 Å². The molecule has 2 unspecified atom stereocenters. The number of methoxy groups -OCH3 is 1. The van der Waals surface area contributed by atoms with E-state index in [1.54, 1.807) is 18.4 Å². The van der Waals surface area contributed by atoms with E-state index in [-0.39, 0.29) is 0 Å². The van der Waals surface area contributed by atoms with Gasteiger partial charge in [0.15, 0.2) is 0 Å². The third kappa shape index (κ3) is 4.27. The fourth-order valence-corrected chi connectivity index (χ4v) is 2.93. The zero-order valence-corrected chi connectivity index (χ0v) is 13.9. The molecule has 1 N–H and O–H groups in total. The van der Waals surface area contributed by atoms with Crippen LogP contribution in [0.3, 0.4) is 0 Å². The van der Waals surface area contributed by atoms with Crippen LogP contribution in [0.15, 0.2) is 36.0 Å². The lowest BCUT2D eigenvalue weighted by Gasteiger charge is -2.27. The molecular weight excluding hydrogens is 282 g/mol. The highest BCUT2D eigenvalue weighted by molar-refractivity contribution is 7.09. The summed E-state index contributed by atoms with van der Waals surface area (Å²) >= 11 is 1.69. The largest absolute Gasteiger partial charge is 0.497 e. The first-order valence-electron chi connectivity index (χ1n) is 7.04. The molecule has 5 heteroatoms. The van der Waals surface area contributed by atoms with E-state index in [0.717, 1.165) is 12.3 Å². The van der Waals surface area contributed by atoms with Gasteiger partial charge < -0.3 is 15.0 Å². The Bertz CT molecular complexity index is 542. The molecule has 0 aliphatic heterocycles. The molecule has 0 bridgehead atoms. The molecule has 2 rings (SSSR count). The molecule has 0 aliphatic rings. The minimum Gasteiger partial charge on any atom is -0.497 e. The van der Waals surface area contributed by atoms with Crippen molar-refractivity contribution in [3.05, 3.63) is 46.4 Å². The van der Waals surface area contributed by atoms with Crippen molar-refractivity contribution in [3.8, 4) is 5.75 Å². The first kappa shape index (κ1) is 15.9. The summed E-state index contributed by atoms with van der Waals surface area (Å²) in [7, 11) is 5.90. The van der Waals surface area contributed by atoms with E-state index >= 15 is 0 Å². The van der Waals surface area contributed by atoms with Gasteiger partial charge >= 0.3 is 0 Å². The molecule has 1 heterocycles. The van der Waals surface area contributed by atoms with Crippen molar-refractivity contribution in [1.82, 2.24) is 15.2 Å². The van der Waals surface area contributed by atoms with Crippen LogP contribution >= 0.6 is 11.3 Å². The van der Waals surface area contributed by atoms with Crippen LogP contribution < -0.4 is 10.1 Å². The van der Waals surface area contributed by atoms with Crippen LogP contribution in [0.2, 0.25) is 0 Å². The number of ether oxygens (including phenoxy) is 1. The molecule has 114 valence electrons. The van der Waals surface area contributed by atoms with Crippen molar-refractivity contribution in [3.63, 3.8) is 0 Å². The lowest BCUT2D eigenvalue weighted by molar-refractivity contribution is 0.281. The van der Waals surface area contributed by atoms with E-state index in [2.05, 4.69) is 48.4 Å². The summed E-state index contributed by atoms with van der Waals surface area (Å²) in [6.45, 7) is 3.05. The van der Waals surface area contributed by atoms with E-state index < -0.39 is 0 Å². The van der Waals surface area contributed by atoms with E-state index in [0.29, 0.717) is 12.1 Å². The molecule has 1 aromatic carbocycles. The topological polar surface area (TPSA) is 37.4 Å². The molecule has 0 saturated carbocycles. The van der Waals surface area contributed by atoms with E-state index in [1.807, 2.05) is 23.8 Å². The normalized spacial score (nSPS) is 14.1. The third-order valence-corrected chi connectivity index (χ3v) is 4.56. The summed E-state index contributed by atoms with van der Waals surface area (Å²) in [5.41, 5.74) is 3.13. The molecule has 0 spiro atoms. The number of hydrogen-bond acceptors (Lipinski definition) is 5. The maximum atomic E-state index is 5.32. The second-order valence-electron chi connectivity index (χ2n) is 5.29. The minimum atomic E-state index is 0.301. The maximum Gasteiger partial charge on any atom is 0.119 e. The smallest absolute Gasteiger partial charge is 0.119 e. The first-order valence-corrected chi connectivity index (χ1v) is 7.92. The number of benzene rings is 1. The van der Waals surface area contributed by atoms with Crippen molar-refractivity contribution < 1.29 is 4.74 Å². The van der Waals surface area contributed by atoms with Gasteiger partial charge in [0.1, 0.15) is 5.75 Å². The van der Waals surface area contributed by atoms with Gasteiger partial charge in [0, 0.05) is 29.7 Å². The zero-order chi connectivity index (χ0) is 15.2. The lowest BCUT2D eigenvalue weighted by Crippen LogP contribution is -2.32. The van der Waals surface area contributed by atoms with Gasteiger partial charge in [0.05, 0.1) is 12.6 Å². The van der Waals surface area contributed by atoms with Gasteiger partial charge in [-0.1, -0.05) is 12.1 Å². The number of nitrogens with zero attached hydrogens (tertiary/aromatic N) is 2. The predicted molar refractivity (Wildman–Crippen MR) is 88.0 cm³/mol. The van der Waals surface area contributed by atoms with Gasteiger partial charge in [-0.15, -0.1) is 11.3 Å². The predicted octanol–water partition coefficient (Wildman–Crippen LogP) is 3.11. The molecular formula is C16H23N3OS. The Balaban J connectivity index is 2.05. The fraction of sp³-hybridized carbons (Fsp3) is 0.438. The van der Waals surface area contributed by atoms with Gasteiger partial charge in [-0.3, -0.25) is 4.98 Å². The fourth-order valence-electron chi connectivity index (χ4n) is 2.28. The van der Waals surface area contributed by atoms with E-state index in [4.69, 9.17) is 4.74 Å². The molecule has 4 nitrogen and oxygen atoms in total. The number of thiazole rings is 1. The first-order chi connectivity index (χ1) is 10.1. The van der Waals surface area contributed by atoms with Gasteiger partial charge in [0.25, 0.3) is 0 Å². The van der Waals surface area contributed by atoms with Crippen LogP contribution in [-0.4, -0.2) is 37.6 Å². The second-order valence-corrected chi connectivity index (χ2v) is 6.21. The van der Waals surface area contributed by atoms with Crippen molar-refractivity contribution in [2.75, 3.05) is 27.7 Å². The van der Waals surface area contributed by atoms with Gasteiger partial charge in [-0.25, -0.2) is 0 Å². The Morgan fingerprint density at radius 3 is 2.81 bits per heavy atom. The number of hydrogen-bond donors (Lipinski definition) is 1. The second kappa shape index (κ2) is 7.54. The molecule has 21 heavy (non-hydrogen) atoms. The Labute approximate surface area is 130 Å². The third-order valence-electron chi connectivity index (χ3n) is 3.60. The summed E-state index contributed by atoms with van der Waals surface area (Å²) in [6, 6.07) is 8.87. The Hall–Kier alpha value is -1.43. The average molecular weight is 305 g/mol. The summed E-state index contributed by atoms with van der Waals surface area (Å²) in [5.74, 6) is 0.898. The highest BCUT2D eigenvalue weighted by Gasteiger charge is 2.16. The average Bonchev–Trinajstić information content (AvgIpc) is 3.01. The quantitative estimate of drug-likeness (QED) is 0.853. The van der Waals surface area contributed by atoms with E-state index in [9.17, 15) is 0 Å². The molecule has 0 aliphatic carbocycles. The van der Waals surface area contributed by atoms with Crippen LogP contribution in [-0.2, 0) is 0 Å². The van der Waals surface area contributed by atoms with Crippen LogP contribution in [0.25, 0.3) is 0 Å². The summed E-state index contributed by atoms with van der Waals surface area (Å²) in [6.07, 6.45) is 1.93. The molecule has 2 aromatic rings. The standard InChI is InChI=1S/C16H23N3OS/c1-12(16-10-17-11-21-16)18-9-15(19(2)3)13-6-5-7-14(8-13)20-4/h5-8,10-12,15,18H,9H2,1-4H3. The van der Waals surface area contributed by atoms with Gasteiger partial charge in [-0.2, -0.15) is 0 Å². The Morgan fingerprint density at radius 1 is 1.38 bits per heavy atom. The Kier molecular flexibility index (Phi) is 5.73. The molecule has 0 radical (unpaired) electrons. The molecule has 0 fully saturated rings. The molecule has 0 saturated heterocycles. The lowest BCUT2D eigenvalue weighted by atomic mass is 10.1. The zero-order valence-electron chi connectivity index (χ0n) is 13.0. The molecule has 0 amide bonds. The monoisotopic (exact) mass is 305 g/mol.